The summed E-state index contributed by atoms with van der Waals surface area (Å²) >= 11 is 5.95. The summed E-state index contributed by atoms with van der Waals surface area (Å²) in [6.07, 6.45) is 3.87. The number of nitrogens with one attached hydrogen (secondary N) is 1. The summed E-state index contributed by atoms with van der Waals surface area (Å²) < 4.78 is 97.1. The van der Waals surface area contributed by atoms with Crippen LogP contribution in [-0.4, -0.2) is 56.4 Å². The van der Waals surface area contributed by atoms with E-state index < -0.39 is 52.0 Å². The van der Waals surface area contributed by atoms with Crippen molar-refractivity contribution in [1.29, 1.82) is 0 Å². The molecule has 2 fully saturated rings. The summed E-state index contributed by atoms with van der Waals surface area (Å²) in [5, 5.41) is 1.65. The van der Waals surface area contributed by atoms with E-state index in [1.54, 1.807) is 42.5 Å². The highest BCUT2D eigenvalue weighted by Crippen LogP contribution is 2.37. The molecule has 1 heterocycles. The van der Waals surface area contributed by atoms with Crippen LogP contribution >= 0.6 is 11.6 Å². The fourth-order valence-electron chi connectivity index (χ4n) is 6.17. The van der Waals surface area contributed by atoms with E-state index >= 15 is 8.78 Å². The van der Waals surface area contributed by atoms with E-state index in [4.69, 9.17) is 22.1 Å². The molecule has 0 radical (unpaired) electrons. The van der Waals surface area contributed by atoms with Gasteiger partial charge in [0.15, 0.2) is 6.04 Å². The second-order valence-electron chi connectivity index (χ2n) is 12.4. The van der Waals surface area contributed by atoms with Gasteiger partial charge >= 0.3 is 0 Å². The number of hydrogen-bond donors (Lipinski definition) is 2. The molecule has 4 aromatic rings. The average molecular weight is 704 g/mol. The predicted molar refractivity (Wildman–Crippen MR) is 176 cm³/mol. The zero-order chi connectivity index (χ0) is 34.3. The van der Waals surface area contributed by atoms with Crippen LogP contribution in [0.3, 0.4) is 0 Å². The molecule has 2 atom stereocenters. The van der Waals surface area contributed by atoms with Gasteiger partial charge in [0, 0.05) is 17.1 Å². The molecule has 4 aromatic carbocycles. The van der Waals surface area contributed by atoms with Crippen LogP contribution < -0.4 is 15.2 Å². The van der Waals surface area contributed by atoms with Crippen LogP contribution in [0.5, 0.6) is 5.75 Å². The number of rotatable bonds is 9. The molecule has 3 N–H and O–H groups in total. The van der Waals surface area contributed by atoms with Gasteiger partial charge in [-0.15, -0.1) is 0 Å². The third-order valence-corrected chi connectivity index (χ3v) is 10.7. The molecule has 2 aliphatic rings. The first-order valence-corrected chi connectivity index (χ1v) is 17.5. The molecule has 48 heavy (non-hydrogen) atoms. The molecule has 1 amide bonds. The van der Waals surface area contributed by atoms with Crippen molar-refractivity contribution < 1.29 is 35.5 Å². The third kappa shape index (κ3) is 7.17. The van der Waals surface area contributed by atoms with Crippen molar-refractivity contribution in [3.8, 4) is 16.9 Å². The molecule has 0 bridgehead atoms. The van der Waals surface area contributed by atoms with Gasteiger partial charge in [0.1, 0.15) is 5.75 Å². The van der Waals surface area contributed by atoms with Gasteiger partial charge in [0.05, 0.1) is 23.6 Å². The number of piperidine rings is 1. The first-order valence-electron chi connectivity index (χ1n) is 15.6. The van der Waals surface area contributed by atoms with E-state index in [0.29, 0.717) is 37.6 Å². The Balaban J connectivity index is 1.31. The lowest BCUT2D eigenvalue weighted by Crippen LogP contribution is -2.62. The maximum atomic E-state index is 16.4. The van der Waals surface area contributed by atoms with Crippen molar-refractivity contribution >= 4 is 38.3 Å². The van der Waals surface area contributed by atoms with E-state index in [1.165, 1.54) is 30.3 Å². The van der Waals surface area contributed by atoms with E-state index in [-0.39, 0.29) is 24.0 Å². The Morgan fingerprint density at radius 1 is 0.917 bits per heavy atom. The van der Waals surface area contributed by atoms with Crippen LogP contribution in [0.1, 0.15) is 37.7 Å². The summed E-state index contributed by atoms with van der Waals surface area (Å²) in [6, 6.07) is 16.5. The Hall–Kier alpha value is -3.71. The number of halogens is 5. The Morgan fingerprint density at radius 3 is 2.17 bits per heavy atom. The van der Waals surface area contributed by atoms with Gasteiger partial charge in [-0.1, -0.05) is 60.1 Å². The maximum absolute atomic E-state index is 16.4. The molecule has 1 saturated carbocycles. The van der Waals surface area contributed by atoms with Crippen LogP contribution in [0.15, 0.2) is 89.8 Å². The van der Waals surface area contributed by atoms with Crippen LogP contribution in [0.4, 0.5) is 17.6 Å². The number of nitrogens with two attached hydrogens (primary N) is 1. The first kappa shape index (κ1) is 34.2. The third-order valence-electron chi connectivity index (χ3n) is 8.99. The first-order chi connectivity index (χ1) is 22.7. The number of nitrogens with zero attached hydrogens (tertiary/aromatic N) is 1. The van der Waals surface area contributed by atoms with Gasteiger partial charge in [0.2, 0.25) is 15.9 Å². The SMILES string of the molecule is N[C@@H]1CCN(C(=O)C(NS(=O)(=O)c2ccc3cc(OC4CCCC4)ccc3c2)C(F)(F)c2ccc(-c3ccc(Cl)cc3)cc2)CC1(F)F. The number of hydrogen-bond acceptors (Lipinski definition) is 5. The second kappa shape index (κ2) is 13.3. The number of fused-ring (bicyclic) bond motifs is 1. The van der Waals surface area contributed by atoms with Gasteiger partial charge < -0.3 is 15.4 Å². The van der Waals surface area contributed by atoms with Crippen molar-refractivity contribution in [2.45, 2.75) is 67.0 Å². The Kier molecular flexibility index (Phi) is 9.47. The van der Waals surface area contributed by atoms with Gasteiger partial charge in [-0.05, 0) is 90.4 Å². The molecule has 0 aromatic heterocycles. The van der Waals surface area contributed by atoms with Crippen molar-refractivity contribution in [3.05, 3.63) is 95.5 Å². The molecule has 7 nitrogen and oxygen atoms in total. The van der Waals surface area contributed by atoms with Crippen LogP contribution in [0.25, 0.3) is 21.9 Å². The number of sulfonamides is 1. The van der Waals surface area contributed by atoms with Crippen molar-refractivity contribution in [2.24, 2.45) is 5.73 Å². The minimum absolute atomic E-state index is 0.117. The number of alkyl halides is 4. The van der Waals surface area contributed by atoms with E-state index in [1.807, 2.05) is 4.72 Å². The highest BCUT2D eigenvalue weighted by Gasteiger charge is 2.52. The Morgan fingerprint density at radius 2 is 1.52 bits per heavy atom. The quantitative estimate of drug-likeness (QED) is 0.181. The van der Waals surface area contributed by atoms with Crippen LogP contribution in [-0.2, 0) is 20.7 Å². The lowest BCUT2D eigenvalue weighted by atomic mass is 9.95. The minimum atomic E-state index is -4.78. The molecule has 1 saturated heterocycles. The van der Waals surface area contributed by atoms with E-state index in [0.717, 1.165) is 37.8 Å². The van der Waals surface area contributed by atoms with Crippen molar-refractivity contribution in [2.75, 3.05) is 13.1 Å². The molecule has 1 aliphatic heterocycles. The van der Waals surface area contributed by atoms with Crippen LogP contribution in [0.2, 0.25) is 5.02 Å². The Bertz CT molecular complexity index is 1900. The van der Waals surface area contributed by atoms with Gasteiger partial charge in [-0.25, -0.2) is 17.2 Å². The molecule has 254 valence electrons. The van der Waals surface area contributed by atoms with Crippen molar-refractivity contribution in [3.63, 3.8) is 0 Å². The number of amides is 1. The lowest BCUT2D eigenvalue weighted by molar-refractivity contribution is -0.155. The fraction of sp³-hybridized carbons (Fsp3) is 0.343. The number of carbonyl (C=O) groups excluding carboxylic acids is 1. The van der Waals surface area contributed by atoms with E-state index in [9.17, 15) is 22.0 Å². The molecular formula is C35H34ClF4N3O4S. The normalized spacial score (nSPS) is 19.4. The largest absolute Gasteiger partial charge is 0.490 e. The molecule has 1 aliphatic carbocycles. The standard InChI is InChI=1S/C35H34ClF4N3O4S/c36-27-13-7-23(8-14-27)22-5-11-26(12-6-22)35(39,40)32(33(44)43-18-17-31(41)34(37,38)21-43)42-48(45,46)30-16-10-24-19-29(15-9-25(24)20-30)47-28-3-1-2-4-28/h5-16,19-20,28,31-32,42H,1-4,17-18,21,41H2/t31-,32?/m1/s1. The monoisotopic (exact) mass is 703 g/mol. The number of carbonyl (C=O) groups is 1. The highest BCUT2D eigenvalue weighted by molar-refractivity contribution is 7.89. The maximum Gasteiger partial charge on any atom is 0.298 e. The predicted octanol–water partition coefficient (Wildman–Crippen LogP) is 7.12. The number of benzene rings is 4. The molecule has 6 rings (SSSR count). The molecule has 13 heteroatoms. The summed E-state index contributed by atoms with van der Waals surface area (Å²) in [6.45, 7) is -1.57. The van der Waals surface area contributed by atoms with Crippen molar-refractivity contribution in [1.82, 2.24) is 9.62 Å². The van der Waals surface area contributed by atoms with E-state index in [2.05, 4.69) is 0 Å². The van der Waals surface area contributed by atoms with Gasteiger partial charge in [0.25, 0.3) is 11.8 Å². The lowest BCUT2D eigenvalue weighted by Gasteiger charge is -2.39. The zero-order valence-corrected chi connectivity index (χ0v) is 27.3. The van der Waals surface area contributed by atoms with Crippen LogP contribution in [0, 0.1) is 0 Å². The minimum Gasteiger partial charge on any atom is -0.490 e. The molecular weight excluding hydrogens is 670 g/mol. The highest BCUT2D eigenvalue weighted by atomic mass is 35.5. The summed E-state index contributed by atoms with van der Waals surface area (Å²) in [5.74, 6) is -8.56. The summed E-state index contributed by atoms with van der Waals surface area (Å²) in [5.41, 5.74) is 6.07. The number of likely N-dealkylation sites (tertiary alicyclic amines) is 1. The van der Waals surface area contributed by atoms with Gasteiger partial charge in [-0.3, -0.25) is 4.79 Å². The Labute approximate surface area is 281 Å². The smallest absolute Gasteiger partial charge is 0.298 e. The number of ether oxygens (including phenoxy) is 1. The topological polar surface area (TPSA) is 102 Å². The summed E-state index contributed by atoms with van der Waals surface area (Å²) in [4.78, 5) is 13.8. The second-order valence-corrected chi connectivity index (χ2v) is 14.5. The molecule has 1 unspecified atom stereocenters. The summed E-state index contributed by atoms with van der Waals surface area (Å²) in [7, 11) is -4.78. The average Bonchev–Trinajstić information content (AvgIpc) is 3.58. The molecule has 0 spiro atoms. The van der Waals surface area contributed by atoms with Gasteiger partial charge in [-0.2, -0.15) is 13.5 Å². The zero-order valence-electron chi connectivity index (χ0n) is 25.7. The fourth-order valence-corrected chi connectivity index (χ4v) is 7.52.